The van der Waals surface area contributed by atoms with Crippen LogP contribution >= 0.6 is 24.0 Å². The lowest BCUT2D eigenvalue weighted by Gasteiger charge is -2.12. The van der Waals surface area contributed by atoms with E-state index in [0.29, 0.717) is 24.6 Å². The van der Waals surface area contributed by atoms with Gasteiger partial charge in [0.1, 0.15) is 6.33 Å². The average molecular weight is 474 g/mol. The fourth-order valence-corrected chi connectivity index (χ4v) is 2.33. The largest absolute Gasteiger partial charge is 0.493 e. The summed E-state index contributed by atoms with van der Waals surface area (Å²) < 4.78 is 12.6. The second kappa shape index (κ2) is 11.6. The minimum Gasteiger partial charge on any atom is -0.493 e. The Bertz CT molecular complexity index is 704. The van der Waals surface area contributed by atoms with Gasteiger partial charge < -0.3 is 24.7 Å². The molecule has 0 fully saturated rings. The molecule has 0 saturated carbocycles. The quantitative estimate of drug-likeness (QED) is 0.347. The van der Waals surface area contributed by atoms with E-state index in [2.05, 4.69) is 32.7 Å². The van der Waals surface area contributed by atoms with Crippen molar-refractivity contribution in [1.29, 1.82) is 0 Å². The third-order valence-corrected chi connectivity index (χ3v) is 3.66. The zero-order chi connectivity index (χ0) is 18.1. The number of aromatic nitrogens is 3. The maximum Gasteiger partial charge on any atom is 0.191 e. The SMILES string of the molecule is CCNC(=NCc1ccc(OC)c(OC)c1)NCc1nncn1CC.I. The second-order valence-corrected chi connectivity index (χ2v) is 5.27. The standard InChI is InChI=1S/C17H26N6O2.HI/c1-5-18-17(20-11-16-22-21-12-23(16)6-2)19-10-13-7-8-14(24-3)15(9-13)25-4;/h7-9,12H,5-6,10-11H2,1-4H3,(H2,18,19,20);1H. The van der Waals surface area contributed by atoms with Crippen molar-refractivity contribution in [3.05, 3.63) is 35.9 Å². The zero-order valence-electron chi connectivity index (χ0n) is 15.7. The lowest BCUT2D eigenvalue weighted by Crippen LogP contribution is -2.37. The van der Waals surface area contributed by atoms with E-state index in [-0.39, 0.29) is 24.0 Å². The molecule has 26 heavy (non-hydrogen) atoms. The molecule has 9 heteroatoms. The molecule has 0 spiro atoms. The van der Waals surface area contributed by atoms with Gasteiger partial charge in [-0.25, -0.2) is 4.99 Å². The van der Waals surface area contributed by atoms with Gasteiger partial charge in [-0.1, -0.05) is 6.07 Å². The van der Waals surface area contributed by atoms with Crippen LogP contribution in [0, 0.1) is 0 Å². The molecule has 0 aliphatic heterocycles. The highest BCUT2D eigenvalue weighted by Crippen LogP contribution is 2.27. The number of guanidine groups is 1. The summed E-state index contributed by atoms with van der Waals surface area (Å²) in [7, 11) is 3.25. The molecule has 1 aromatic heterocycles. The smallest absolute Gasteiger partial charge is 0.191 e. The van der Waals surface area contributed by atoms with Crippen molar-refractivity contribution in [3.63, 3.8) is 0 Å². The molecular weight excluding hydrogens is 447 g/mol. The van der Waals surface area contributed by atoms with E-state index in [0.717, 1.165) is 30.4 Å². The number of halogens is 1. The van der Waals surface area contributed by atoms with Gasteiger partial charge in [0, 0.05) is 13.1 Å². The lowest BCUT2D eigenvalue weighted by atomic mass is 10.2. The lowest BCUT2D eigenvalue weighted by molar-refractivity contribution is 0.354. The summed E-state index contributed by atoms with van der Waals surface area (Å²) in [5.41, 5.74) is 1.03. The molecule has 0 radical (unpaired) electrons. The number of nitrogens with zero attached hydrogens (tertiary/aromatic N) is 4. The van der Waals surface area contributed by atoms with Gasteiger partial charge in [-0.05, 0) is 31.5 Å². The Morgan fingerprint density at radius 3 is 2.58 bits per heavy atom. The number of rotatable bonds is 8. The molecule has 144 valence electrons. The zero-order valence-corrected chi connectivity index (χ0v) is 18.0. The normalized spacial score (nSPS) is 10.8. The molecule has 1 aromatic carbocycles. The minimum atomic E-state index is 0. The Morgan fingerprint density at radius 1 is 1.15 bits per heavy atom. The Kier molecular flexibility index (Phi) is 9.78. The molecule has 0 aliphatic rings. The topological polar surface area (TPSA) is 85.6 Å². The highest BCUT2D eigenvalue weighted by Gasteiger charge is 2.06. The molecule has 0 bridgehead atoms. The number of nitrogens with one attached hydrogen (secondary N) is 2. The number of aryl methyl sites for hydroxylation is 1. The van der Waals surface area contributed by atoms with Gasteiger partial charge in [0.2, 0.25) is 0 Å². The molecule has 0 aliphatic carbocycles. The first-order valence-electron chi connectivity index (χ1n) is 8.31. The summed E-state index contributed by atoms with van der Waals surface area (Å²) in [4.78, 5) is 4.61. The van der Waals surface area contributed by atoms with Gasteiger partial charge >= 0.3 is 0 Å². The minimum absolute atomic E-state index is 0. The number of ether oxygens (including phenoxy) is 2. The van der Waals surface area contributed by atoms with Gasteiger partial charge in [-0.15, -0.1) is 34.2 Å². The number of hydrogen-bond donors (Lipinski definition) is 2. The maximum absolute atomic E-state index is 5.33. The molecule has 2 aromatic rings. The third-order valence-electron chi connectivity index (χ3n) is 3.66. The third kappa shape index (κ3) is 6.04. The highest BCUT2D eigenvalue weighted by atomic mass is 127. The molecule has 2 rings (SSSR count). The van der Waals surface area contributed by atoms with E-state index in [9.17, 15) is 0 Å². The van der Waals surface area contributed by atoms with E-state index in [1.54, 1.807) is 20.5 Å². The fourth-order valence-electron chi connectivity index (χ4n) is 2.33. The van der Waals surface area contributed by atoms with Crippen molar-refractivity contribution < 1.29 is 9.47 Å². The van der Waals surface area contributed by atoms with Crippen LogP contribution in [-0.2, 0) is 19.6 Å². The van der Waals surface area contributed by atoms with E-state index >= 15 is 0 Å². The first-order chi connectivity index (χ1) is 12.2. The van der Waals surface area contributed by atoms with E-state index in [1.165, 1.54) is 0 Å². The average Bonchev–Trinajstić information content (AvgIpc) is 3.11. The fraction of sp³-hybridized carbons (Fsp3) is 0.471. The first-order valence-corrected chi connectivity index (χ1v) is 8.31. The monoisotopic (exact) mass is 474 g/mol. The van der Waals surface area contributed by atoms with Gasteiger partial charge in [0.05, 0.1) is 27.3 Å². The Morgan fingerprint density at radius 2 is 1.92 bits per heavy atom. The molecule has 0 amide bonds. The van der Waals surface area contributed by atoms with Crippen LogP contribution in [0.2, 0.25) is 0 Å². The van der Waals surface area contributed by atoms with Crippen molar-refractivity contribution in [3.8, 4) is 11.5 Å². The van der Waals surface area contributed by atoms with Crippen molar-refractivity contribution >= 4 is 29.9 Å². The number of hydrogen-bond acceptors (Lipinski definition) is 5. The van der Waals surface area contributed by atoms with Crippen LogP contribution in [0.3, 0.4) is 0 Å². The second-order valence-electron chi connectivity index (χ2n) is 5.27. The van der Waals surface area contributed by atoms with Crippen molar-refractivity contribution in [1.82, 2.24) is 25.4 Å². The van der Waals surface area contributed by atoms with Crippen LogP contribution in [0.5, 0.6) is 11.5 Å². The predicted molar refractivity (Wildman–Crippen MR) is 112 cm³/mol. The Hall–Kier alpha value is -2.04. The summed E-state index contributed by atoms with van der Waals surface area (Å²) >= 11 is 0. The first kappa shape index (κ1) is 22.0. The van der Waals surface area contributed by atoms with Crippen LogP contribution in [0.15, 0.2) is 29.5 Å². The van der Waals surface area contributed by atoms with E-state index in [4.69, 9.17) is 9.47 Å². The van der Waals surface area contributed by atoms with Gasteiger partial charge in [0.15, 0.2) is 23.3 Å². The van der Waals surface area contributed by atoms with Crippen LogP contribution in [0.4, 0.5) is 0 Å². The highest BCUT2D eigenvalue weighted by molar-refractivity contribution is 14.0. The molecule has 0 atom stereocenters. The summed E-state index contributed by atoms with van der Waals surface area (Å²) in [6.45, 7) is 6.79. The van der Waals surface area contributed by atoms with Crippen LogP contribution in [0.25, 0.3) is 0 Å². The molecule has 0 unspecified atom stereocenters. The molecular formula is C17H27IN6O2. The van der Waals surface area contributed by atoms with Gasteiger partial charge in [0.25, 0.3) is 0 Å². The molecule has 1 heterocycles. The van der Waals surface area contributed by atoms with Crippen LogP contribution < -0.4 is 20.1 Å². The van der Waals surface area contributed by atoms with Gasteiger partial charge in [-0.2, -0.15) is 0 Å². The molecule has 2 N–H and O–H groups in total. The van der Waals surface area contributed by atoms with E-state index < -0.39 is 0 Å². The summed E-state index contributed by atoms with van der Waals surface area (Å²) in [5.74, 6) is 3.01. The number of benzene rings is 1. The van der Waals surface area contributed by atoms with Crippen molar-refractivity contribution in [2.75, 3.05) is 20.8 Å². The van der Waals surface area contributed by atoms with Crippen molar-refractivity contribution in [2.45, 2.75) is 33.5 Å². The Balaban J connectivity index is 0.00000338. The Labute approximate surface area is 171 Å². The maximum atomic E-state index is 5.33. The number of aliphatic imine (C=N–C) groups is 1. The van der Waals surface area contributed by atoms with Crippen molar-refractivity contribution in [2.24, 2.45) is 4.99 Å². The predicted octanol–water partition coefficient (Wildman–Crippen LogP) is 2.19. The van der Waals surface area contributed by atoms with Gasteiger partial charge in [-0.3, -0.25) is 0 Å². The van der Waals surface area contributed by atoms with Crippen LogP contribution in [-0.4, -0.2) is 41.5 Å². The number of methoxy groups -OCH3 is 2. The molecule has 0 saturated heterocycles. The molecule has 8 nitrogen and oxygen atoms in total. The van der Waals surface area contributed by atoms with E-state index in [1.807, 2.05) is 29.7 Å². The summed E-state index contributed by atoms with van der Waals surface area (Å²) in [5, 5.41) is 14.6. The summed E-state index contributed by atoms with van der Waals surface area (Å²) in [6, 6.07) is 5.79. The summed E-state index contributed by atoms with van der Waals surface area (Å²) in [6.07, 6.45) is 1.73. The van der Waals surface area contributed by atoms with Crippen LogP contribution in [0.1, 0.15) is 25.2 Å².